The molecule has 2 amide bonds. The summed E-state index contributed by atoms with van der Waals surface area (Å²) in [6, 6.07) is 5.24. The molecular formula is C15H20N2O3S. The number of carbonyl (C=O) groups is 2. The molecule has 0 radical (unpaired) electrons. The van der Waals surface area contributed by atoms with E-state index in [9.17, 15) is 9.59 Å². The lowest BCUT2D eigenvalue weighted by molar-refractivity contribution is -0.117. The van der Waals surface area contributed by atoms with Gasteiger partial charge >= 0.3 is 6.09 Å². The lowest BCUT2D eigenvalue weighted by atomic mass is 10.2. The van der Waals surface area contributed by atoms with E-state index in [2.05, 4.69) is 10.6 Å². The van der Waals surface area contributed by atoms with Gasteiger partial charge in [0.1, 0.15) is 11.6 Å². The van der Waals surface area contributed by atoms with Crippen molar-refractivity contribution in [2.45, 2.75) is 44.2 Å². The Hall–Kier alpha value is -1.69. The molecule has 0 saturated heterocycles. The van der Waals surface area contributed by atoms with Crippen molar-refractivity contribution in [3.05, 3.63) is 23.8 Å². The van der Waals surface area contributed by atoms with E-state index in [1.54, 1.807) is 32.5 Å². The van der Waals surface area contributed by atoms with Crippen LogP contribution in [-0.4, -0.2) is 29.4 Å². The molecule has 1 aliphatic heterocycles. The Bertz CT molecular complexity index is 567. The van der Waals surface area contributed by atoms with E-state index >= 15 is 0 Å². The smallest absolute Gasteiger partial charge is 0.408 e. The van der Waals surface area contributed by atoms with Gasteiger partial charge in [-0.05, 0) is 45.4 Å². The van der Waals surface area contributed by atoms with Gasteiger partial charge in [0.2, 0.25) is 5.91 Å². The van der Waals surface area contributed by atoms with Crippen molar-refractivity contribution in [1.82, 2.24) is 5.32 Å². The van der Waals surface area contributed by atoms with Gasteiger partial charge in [-0.1, -0.05) is 6.07 Å². The third-order valence-electron chi connectivity index (χ3n) is 2.81. The average molecular weight is 308 g/mol. The van der Waals surface area contributed by atoms with Gasteiger partial charge in [0.25, 0.3) is 0 Å². The van der Waals surface area contributed by atoms with Crippen LogP contribution in [0.2, 0.25) is 0 Å². The quantitative estimate of drug-likeness (QED) is 0.837. The second-order valence-electron chi connectivity index (χ2n) is 6.00. The number of fused-ring (bicyclic) bond motifs is 1. The van der Waals surface area contributed by atoms with Crippen LogP contribution in [0.4, 0.5) is 10.5 Å². The Balaban J connectivity index is 2.05. The lowest BCUT2D eigenvalue weighted by Crippen LogP contribution is -2.46. The highest BCUT2D eigenvalue weighted by Crippen LogP contribution is 2.31. The summed E-state index contributed by atoms with van der Waals surface area (Å²) >= 11 is 1.54. The van der Waals surface area contributed by atoms with E-state index in [1.807, 2.05) is 25.1 Å². The highest BCUT2D eigenvalue weighted by Gasteiger charge is 2.27. The van der Waals surface area contributed by atoms with Crippen LogP contribution in [0, 0.1) is 6.92 Å². The molecule has 1 aromatic carbocycles. The largest absolute Gasteiger partial charge is 0.444 e. The molecule has 6 heteroatoms. The molecule has 0 unspecified atom stereocenters. The van der Waals surface area contributed by atoms with Crippen LogP contribution in [0.25, 0.3) is 0 Å². The lowest BCUT2D eigenvalue weighted by Gasteiger charge is -2.22. The summed E-state index contributed by atoms with van der Waals surface area (Å²) < 4.78 is 5.19. The summed E-state index contributed by atoms with van der Waals surface area (Å²) in [5, 5.41) is 5.46. The predicted molar refractivity (Wildman–Crippen MR) is 83.7 cm³/mol. The van der Waals surface area contributed by atoms with E-state index in [1.165, 1.54) is 0 Å². The standard InChI is InChI=1S/C15H20N2O3S/c1-9-5-6-10-12(7-9)21-8-11(13(18)16-10)17-14(19)20-15(2,3)4/h5-7,11H,8H2,1-4H3,(H,16,18)(H,17,19)/t11-/m0/s1. The van der Waals surface area contributed by atoms with Gasteiger partial charge in [-0.2, -0.15) is 0 Å². The van der Waals surface area contributed by atoms with Gasteiger partial charge in [0, 0.05) is 10.6 Å². The van der Waals surface area contributed by atoms with Crippen LogP contribution in [0.1, 0.15) is 26.3 Å². The molecule has 0 aliphatic carbocycles. The molecule has 2 rings (SSSR count). The maximum atomic E-state index is 12.2. The topological polar surface area (TPSA) is 67.4 Å². The highest BCUT2D eigenvalue weighted by molar-refractivity contribution is 7.99. The number of amides is 2. The molecule has 0 bridgehead atoms. The Kier molecular flexibility index (Phi) is 4.46. The molecule has 1 aliphatic rings. The molecule has 5 nitrogen and oxygen atoms in total. The van der Waals surface area contributed by atoms with E-state index < -0.39 is 17.7 Å². The van der Waals surface area contributed by atoms with Crippen molar-refractivity contribution in [2.24, 2.45) is 0 Å². The summed E-state index contributed by atoms with van der Waals surface area (Å²) in [5.41, 5.74) is 1.33. The van der Waals surface area contributed by atoms with Crippen LogP contribution < -0.4 is 10.6 Å². The first-order valence-corrected chi connectivity index (χ1v) is 7.77. The minimum absolute atomic E-state index is 0.226. The van der Waals surface area contributed by atoms with Gasteiger partial charge in [0.15, 0.2) is 0 Å². The number of nitrogens with one attached hydrogen (secondary N) is 2. The third kappa shape index (κ3) is 4.39. The minimum atomic E-state index is -0.613. The number of benzene rings is 1. The molecule has 0 spiro atoms. The molecule has 114 valence electrons. The molecule has 0 fully saturated rings. The van der Waals surface area contributed by atoms with Crippen molar-refractivity contribution in [3.8, 4) is 0 Å². The molecule has 1 atom stereocenters. The number of thioether (sulfide) groups is 1. The molecule has 0 aromatic heterocycles. The predicted octanol–water partition coefficient (Wildman–Crippen LogP) is 2.93. The van der Waals surface area contributed by atoms with Gasteiger partial charge < -0.3 is 15.4 Å². The summed E-state index contributed by atoms with van der Waals surface area (Å²) in [5.74, 6) is 0.248. The SMILES string of the molecule is Cc1ccc2c(c1)SC[C@H](NC(=O)OC(C)(C)C)C(=O)N2. The highest BCUT2D eigenvalue weighted by atomic mass is 32.2. The summed E-state index contributed by atoms with van der Waals surface area (Å²) in [4.78, 5) is 25.0. The summed E-state index contributed by atoms with van der Waals surface area (Å²) in [6.45, 7) is 7.36. The molecule has 2 N–H and O–H groups in total. The number of hydrogen-bond donors (Lipinski definition) is 2. The number of aryl methyl sites for hydroxylation is 1. The number of rotatable bonds is 1. The van der Waals surface area contributed by atoms with Crippen molar-refractivity contribution in [1.29, 1.82) is 0 Å². The first-order chi connectivity index (χ1) is 9.74. The zero-order valence-corrected chi connectivity index (χ0v) is 13.5. The molecular weight excluding hydrogens is 288 g/mol. The Labute approximate surface area is 128 Å². The summed E-state index contributed by atoms with van der Waals surface area (Å²) in [7, 11) is 0. The number of alkyl carbamates (subject to hydrolysis) is 1. The van der Waals surface area contributed by atoms with Crippen LogP contribution in [0.3, 0.4) is 0 Å². The Morgan fingerprint density at radius 2 is 2.14 bits per heavy atom. The molecule has 21 heavy (non-hydrogen) atoms. The number of ether oxygens (including phenoxy) is 1. The normalized spacial score (nSPS) is 18.3. The second-order valence-corrected chi connectivity index (χ2v) is 7.06. The van der Waals surface area contributed by atoms with Crippen LogP contribution in [-0.2, 0) is 9.53 Å². The molecule has 1 aromatic rings. The van der Waals surface area contributed by atoms with Gasteiger partial charge in [-0.3, -0.25) is 4.79 Å². The van der Waals surface area contributed by atoms with Gasteiger partial charge in [0.05, 0.1) is 5.69 Å². The third-order valence-corrected chi connectivity index (χ3v) is 3.96. The molecule has 1 heterocycles. The minimum Gasteiger partial charge on any atom is -0.444 e. The van der Waals surface area contributed by atoms with Crippen LogP contribution in [0.15, 0.2) is 23.1 Å². The fourth-order valence-electron chi connectivity index (χ4n) is 1.88. The van der Waals surface area contributed by atoms with E-state index in [4.69, 9.17) is 4.74 Å². The van der Waals surface area contributed by atoms with Crippen molar-refractivity contribution in [2.75, 3.05) is 11.1 Å². The van der Waals surface area contributed by atoms with Crippen molar-refractivity contribution in [3.63, 3.8) is 0 Å². The average Bonchev–Trinajstić information content (AvgIpc) is 2.48. The van der Waals surface area contributed by atoms with E-state index in [0.29, 0.717) is 5.75 Å². The fourth-order valence-corrected chi connectivity index (χ4v) is 3.00. The Morgan fingerprint density at radius 1 is 1.43 bits per heavy atom. The maximum absolute atomic E-state index is 12.2. The number of hydrogen-bond acceptors (Lipinski definition) is 4. The van der Waals surface area contributed by atoms with E-state index in [-0.39, 0.29) is 5.91 Å². The first kappa shape index (κ1) is 15.7. The van der Waals surface area contributed by atoms with E-state index in [0.717, 1.165) is 16.1 Å². The second kappa shape index (κ2) is 5.97. The van der Waals surface area contributed by atoms with Crippen molar-refractivity contribution < 1.29 is 14.3 Å². The Morgan fingerprint density at radius 3 is 2.81 bits per heavy atom. The van der Waals surface area contributed by atoms with Crippen LogP contribution in [0.5, 0.6) is 0 Å². The zero-order chi connectivity index (χ0) is 15.6. The summed E-state index contributed by atoms with van der Waals surface area (Å²) in [6.07, 6.45) is -0.578. The zero-order valence-electron chi connectivity index (χ0n) is 12.6. The maximum Gasteiger partial charge on any atom is 0.408 e. The number of carbonyl (C=O) groups excluding carboxylic acids is 2. The number of anilines is 1. The fraction of sp³-hybridized carbons (Fsp3) is 0.467. The first-order valence-electron chi connectivity index (χ1n) is 6.78. The van der Waals surface area contributed by atoms with Crippen LogP contribution >= 0.6 is 11.8 Å². The monoisotopic (exact) mass is 308 g/mol. The van der Waals surface area contributed by atoms with Crippen molar-refractivity contribution >= 4 is 29.4 Å². The molecule has 0 saturated carbocycles. The van der Waals surface area contributed by atoms with Gasteiger partial charge in [-0.25, -0.2) is 4.79 Å². The van der Waals surface area contributed by atoms with Gasteiger partial charge in [-0.15, -0.1) is 11.8 Å².